The number of aliphatic carboxylic acids is 1. The fourth-order valence-corrected chi connectivity index (χ4v) is 5.30. The summed E-state index contributed by atoms with van der Waals surface area (Å²) in [7, 11) is -3.48. The first kappa shape index (κ1) is 17.2. The van der Waals surface area contributed by atoms with Crippen LogP contribution in [0.5, 0.6) is 0 Å². The summed E-state index contributed by atoms with van der Waals surface area (Å²) in [6.07, 6.45) is 7.10. The van der Waals surface area contributed by atoms with Crippen LogP contribution in [0.2, 0.25) is 0 Å². The molecule has 2 rings (SSSR count). The van der Waals surface area contributed by atoms with Gasteiger partial charge in [0.15, 0.2) is 9.84 Å². The Kier molecular flexibility index (Phi) is 5.47. The van der Waals surface area contributed by atoms with Crippen LogP contribution in [0.3, 0.4) is 0 Å². The zero-order chi connectivity index (χ0) is 16.2. The van der Waals surface area contributed by atoms with Crippen LogP contribution in [0.25, 0.3) is 0 Å². The van der Waals surface area contributed by atoms with Crippen molar-refractivity contribution in [3.05, 3.63) is 0 Å². The van der Waals surface area contributed by atoms with Crippen LogP contribution in [0.4, 0.5) is 0 Å². The lowest BCUT2D eigenvalue weighted by molar-refractivity contribution is -0.148. The van der Waals surface area contributed by atoms with Crippen LogP contribution < -0.4 is 5.32 Å². The van der Waals surface area contributed by atoms with Gasteiger partial charge < -0.3 is 10.4 Å². The maximum absolute atomic E-state index is 12.2. The van der Waals surface area contributed by atoms with Crippen molar-refractivity contribution in [2.24, 2.45) is 0 Å². The number of carbonyl (C=O) groups is 2. The molecule has 2 saturated carbocycles. The molecule has 7 heteroatoms. The zero-order valence-corrected chi connectivity index (χ0v) is 13.7. The third-order valence-electron chi connectivity index (χ3n) is 4.89. The second-order valence-corrected chi connectivity index (χ2v) is 8.84. The summed E-state index contributed by atoms with van der Waals surface area (Å²) in [6, 6.07) is 0. The molecule has 0 saturated heterocycles. The molecule has 0 atom stereocenters. The van der Waals surface area contributed by atoms with Crippen molar-refractivity contribution in [2.75, 3.05) is 5.75 Å². The summed E-state index contributed by atoms with van der Waals surface area (Å²) in [5, 5.41) is 11.6. The van der Waals surface area contributed by atoms with Gasteiger partial charge in [-0.3, -0.25) is 4.79 Å². The van der Waals surface area contributed by atoms with Gasteiger partial charge in [0.2, 0.25) is 5.91 Å². The fraction of sp³-hybridized carbons (Fsp3) is 0.867. The molecule has 2 aliphatic rings. The Hall–Kier alpha value is -1.11. The summed E-state index contributed by atoms with van der Waals surface area (Å²) < 4.78 is 24.4. The lowest BCUT2D eigenvalue weighted by atomic mass is 9.90. The van der Waals surface area contributed by atoms with Gasteiger partial charge in [-0.25, -0.2) is 13.2 Å². The van der Waals surface area contributed by atoms with Gasteiger partial charge >= 0.3 is 5.97 Å². The van der Waals surface area contributed by atoms with Gasteiger partial charge in [-0.15, -0.1) is 0 Å². The molecule has 0 aliphatic heterocycles. The van der Waals surface area contributed by atoms with Gasteiger partial charge in [0, 0.05) is 0 Å². The monoisotopic (exact) mass is 331 g/mol. The number of hydrogen-bond donors (Lipinski definition) is 2. The average Bonchev–Trinajstić information content (AvgIpc) is 2.87. The minimum atomic E-state index is -3.48. The first-order valence-corrected chi connectivity index (χ1v) is 9.83. The smallest absolute Gasteiger partial charge is 0.329 e. The van der Waals surface area contributed by atoms with Gasteiger partial charge in [0.05, 0.1) is 5.25 Å². The quantitative estimate of drug-likeness (QED) is 0.746. The summed E-state index contributed by atoms with van der Waals surface area (Å²) >= 11 is 0. The van der Waals surface area contributed by atoms with Gasteiger partial charge in [-0.2, -0.15) is 0 Å². The Balaban J connectivity index is 2.03. The highest BCUT2D eigenvalue weighted by Crippen LogP contribution is 2.28. The third kappa shape index (κ3) is 4.00. The molecule has 0 aromatic heterocycles. The van der Waals surface area contributed by atoms with Crippen LogP contribution in [0, 0.1) is 0 Å². The molecule has 0 aromatic rings. The van der Waals surface area contributed by atoms with Crippen molar-refractivity contribution < 1.29 is 23.1 Å². The molecule has 0 radical (unpaired) electrons. The van der Waals surface area contributed by atoms with E-state index in [1.165, 1.54) is 0 Å². The number of amides is 1. The van der Waals surface area contributed by atoms with Crippen molar-refractivity contribution >= 4 is 21.7 Å². The minimum absolute atomic E-state index is 0.373. The molecule has 2 aliphatic carbocycles. The Morgan fingerprint density at radius 1 is 1.00 bits per heavy atom. The van der Waals surface area contributed by atoms with Crippen LogP contribution >= 0.6 is 0 Å². The third-order valence-corrected chi connectivity index (χ3v) is 7.04. The number of hydrogen-bond acceptors (Lipinski definition) is 4. The molecular weight excluding hydrogens is 306 g/mol. The molecule has 22 heavy (non-hydrogen) atoms. The van der Waals surface area contributed by atoms with Crippen molar-refractivity contribution in [3.8, 4) is 0 Å². The molecule has 2 fully saturated rings. The number of nitrogens with one attached hydrogen (secondary N) is 1. The number of rotatable bonds is 5. The van der Waals surface area contributed by atoms with E-state index in [2.05, 4.69) is 5.32 Å². The SMILES string of the molecule is O=C(CS(=O)(=O)C1CCCC1)NC1(C(=O)O)CCCCCC1. The van der Waals surface area contributed by atoms with E-state index in [1.54, 1.807) is 0 Å². The highest BCUT2D eigenvalue weighted by atomic mass is 32.2. The van der Waals surface area contributed by atoms with Crippen LogP contribution in [-0.4, -0.2) is 41.9 Å². The minimum Gasteiger partial charge on any atom is -0.480 e. The van der Waals surface area contributed by atoms with Crippen LogP contribution in [0.15, 0.2) is 0 Å². The van der Waals surface area contributed by atoms with E-state index < -0.39 is 38.3 Å². The molecule has 6 nitrogen and oxygen atoms in total. The summed E-state index contributed by atoms with van der Waals surface area (Å²) in [5.74, 6) is -2.32. The van der Waals surface area contributed by atoms with Gasteiger partial charge in [0.1, 0.15) is 11.3 Å². The Labute approximate surface area is 131 Å². The molecule has 1 amide bonds. The van der Waals surface area contributed by atoms with Gasteiger partial charge in [-0.1, -0.05) is 38.5 Å². The van der Waals surface area contributed by atoms with E-state index >= 15 is 0 Å². The van der Waals surface area contributed by atoms with Gasteiger partial charge in [-0.05, 0) is 25.7 Å². The number of sulfone groups is 1. The number of carboxylic acid groups (broad SMARTS) is 1. The Morgan fingerprint density at radius 2 is 1.55 bits per heavy atom. The van der Waals surface area contributed by atoms with Crippen molar-refractivity contribution in [1.29, 1.82) is 0 Å². The second-order valence-electron chi connectivity index (χ2n) is 6.56. The Bertz CT molecular complexity index is 514. The first-order chi connectivity index (χ1) is 10.4. The predicted molar refractivity (Wildman–Crippen MR) is 82.3 cm³/mol. The van der Waals surface area contributed by atoms with E-state index in [1.807, 2.05) is 0 Å². The van der Waals surface area contributed by atoms with Crippen molar-refractivity contribution in [1.82, 2.24) is 5.32 Å². The number of carbonyl (C=O) groups excluding carboxylic acids is 1. The predicted octanol–water partition coefficient (Wildman–Crippen LogP) is 1.64. The topological polar surface area (TPSA) is 101 Å². The molecule has 0 unspecified atom stereocenters. The summed E-state index contributed by atoms with van der Waals surface area (Å²) in [5.41, 5.74) is -1.29. The normalized spacial score (nSPS) is 22.9. The fourth-order valence-electron chi connectivity index (χ4n) is 3.58. The molecule has 0 bridgehead atoms. The maximum Gasteiger partial charge on any atom is 0.329 e. The zero-order valence-electron chi connectivity index (χ0n) is 12.8. The van der Waals surface area contributed by atoms with E-state index in [0.29, 0.717) is 25.7 Å². The van der Waals surface area contributed by atoms with Crippen molar-refractivity contribution in [2.45, 2.75) is 75.0 Å². The van der Waals surface area contributed by atoms with E-state index in [-0.39, 0.29) is 0 Å². The van der Waals surface area contributed by atoms with E-state index in [4.69, 9.17) is 0 Å². The number of carboxylic acids is 1. The second kappa shape index (κ2) is 6.98. The first-order valence-electron chi connectivity index (χ1n) is 8.12. The molecular formula is C15H25NO5S. The largest absolute Gasteiger partial charge is 0.480 e. The van der Waals surface area contributed by atoms with E-state index in [9.17, 15) is 23.1 Å². The summed E-state index contributed by atoms with van der Waals surface area (Å²) in [4.78, 5) is 23.8. The van der Waals surface area contributed by atoms with Crippen molar-refractivity contribution in [3.63, 3.8) is 0 Å². The van der Waals surface area contributed by atoms with Gasteiger partial charge in [0.25, 0.3) is 0 Å². The summed E-state index contributed by atoms with van der Waals surface area (Å²) in [6.45, 7) is 0. The van der Waals surface area contributed by atoms with Crippen LogP contribution in [-0.2, 0) is 19.4 Å². The molecule has 2 N–H and O–H groups in total. The highest BCUT2D eigenvalue weighted by Gasteiger charge is 2.41. The van der Waals surface area contributed by atoms with E-state index in [0.717, 1.165) is 38.5 Å². The molecule has 0 heterocycles. The highest BCUT2D eigenvalue weighted by molar-refractivity contribution is 7.92. The average molecular weight is 331 g/mol. The molecule has 0 aromatic carbocycles. The lowest BCUT2D eigenvalue weighted by Crippen LogP contribution is -2.55. The molecule has 0 spiro atoms. The lowest BCUT2D eigenvalue weighted by Gasteiger charge is -2.29. The molecule has 126 valence electrons. The standard InChI is InChI=1S/C15H25NO5S/c17-13(11-22(20,21)12-7-3-4-8-12)16-15(14(18)19)9-5-1-2-6-10-15/h12H,1-11H2,(H,16,17)(H,18,19). The van der Waals surface area contributed by atoms with Crippen LogP contribution in [0.1, 0.15) is 64.2 Å². The maximum atomic E-state index is 12.2. The Morgan fingerprint density at radius 3 is 2.05 bits per heavy atom.